The Kier molecular flexibility index (Phi) is 5.12. The molecule has 0 radical (unpaired) electrons. The molecule has 1 aliphatic carbocycles. The van der Waals surface area contributed by atoms with Gasteiger partial charge in [-0.25, -0.2) is 9.69 Å². The second-order valence-electron chi connectivity index (χ2n) is 7.41. The first kappa shape index (κ1) is 20.2. The minimum atomic E-state index is -5.20. The number of alkyl halides is 3. The van der Waals surface area contributed by atoms with Crippen LogP contribution in [-0.2, 0) is 9.59 Å². The van der Waals surface area contributed by atoms with Crippen LogP contribution in [-0.4, -0.2) is 29.7 Å². The molecule has 0 aromatic heterocycles. The fourth-order valence-corrected chi connectivity index (χ4v) is 3.63. The molecule has 28 heavy (non-hydrogen) atoms. The van der Waals surface area contributed by atoms with Crippen molar-refractivity contribution in [3.05, 3.63) is 29.3 Å². The van der Waals surface area contributed by atoms with Crippen LogP contribution in [0.3, 0.4) is 0 Å². The molecule has 1 aliphatic heterocycles. The number of hydrogen-bond acceptors (Lipinski definition) is 3. The summed E-state index contributed by atoms with van der Waals surface area (Å²) in [4.78, 5) is 38.1. The summed E-state index contributed by atoms with van der Waals surface area (Å²) in [6.07, 6.45) is -1.87. The number of halogens is 3. The number of urea groups is 1. The van der Waals surface area contributed by atoms with Crippen molar-refractivity contribution in [2.24, 2.45) is 5.92 Å². The number of nitrogens with zero attached hydrogens (tertiary/aromatic N) is 1. The number of rotatable bonds is 3. The Balaban J connectivity index is 1.95. The molecule has 0 bridgehead atoms. The lowest BCUT2D eigenvalue weighted by atomic mass is 9.88. The van der Waals surface area contributed by atoms with Crippen molar-refractivity contribution < 1.29 is 27.6 Å². The van der Waals surface area contributed by atoms with Crippen molar-refractivity contribution in [2.75, 3.05) is 4.90 Å². The molecule has 0 spiro atoms. The van der Waals surface area contributed by atoms with Gasteiger partial charge in [-0.3, -0.25) is 14.9 Å². The van der Waals surface area contributed by atoms with Gasteiger partial charge in [-0.15, -0.1) is 0 Å². The molecule has 152 valence electrons. The Morgan fingerprint density at radius 2 is 1.79 bits per heavy atom. The van der Waals surface area contributed by atoms with Crippen molar-refractivity contribution in [1.29, 1.82) is 0 Å². The summed E-state index contributed by atoms with van der Waals surface area (Å²) in [7, 11) is 0. The SMILES string of the molecule is Cc1ccc(N2C(=O)NC(NC(=O)C3CCCCC3)(C(F)(F)F)C2=O)cc1C. The van der Waals surface area contributed by atoms with Crippen molar-refractivity contribution >= 4 is 23.5 Å². The summed E-state index contributed by atoms with van der Waals surface area (Å²) in [5.74, 6) is -3.03. The minimum absolute atomic E-state index is 0.0173. The summed E-state index contributed by atoms with van der Waals surface area (Å²) >= 11 is 0. The van der Waals surface area contributed by atoms with Gasteiger partial charge in [0.2, 0.25) is 5.91 Å². The van der Waals surface area contributed by atoms with Crippen molar-refractivity contribution in [3.63, 3.8) is 0 Å². The quantitative estimate of drug-likeness (QED) is 0.768. The maximum Gasteiger partial charge on any atom is 0.440 e. The van der Waals surface area contributed by atoms with Gasteiger partial charge >= 0.3 is 12.2 Å². The Morgan fingerprint density at radius 3 is 2.36 bits per heavy atom. The molecule has 2 fully saturated rings. The molecule has 1 atom stereocenters. The standard InChI is InChI=1S/C19H22F3N3O3/c1-11-8-9-14(10-12(11)2)25-16(27)18(19(20,21)22,24-17(25)28)23-15(26)13-6-4-3-5-7-13/h8-10,13H,3-7H2,1-2H3,(H,23,26)(H,24,28). The van der Waals surface area contributed by atoms with E-state index in [1.165, 1.54) is 12.1 Å². The summed E-state index contributed by atoms with van der Waals surface area (Å²) in [5.41, 5.74) is -1.86. The fourth-order valence-electron chi connectivity index (χ4n) is 3.63. The smallest absolute Gasteiger partial charge is 0.318 e. The lowest BCUT2D eigenvalue weighted by molar-refractivity contribution is -0.202. The molecule has 1 unspecified atom stereocenters. The van der Waals surface area contributed by atoms with E-state index in [1.54, 1.807) is 25.2 Å². The number of imide groups is 1. The third-order valence-corrected chi connectivity index (χ3v) is 5.48. The van der Waals surface area contributed by atoms with E-state index < -0.39 is 35.6 Å². The molecule has 2 aliphatic rings. The monoisotopic (exact) mass is 397 g/mol. The number of amides is 4. The van der Waals surface area contributed by atoms with E-state index in [0.717, 1.165) is 24.8 Å². The zero-order valence-corrected chi connectivity index (χ0v) is 15.7. The van der Waals surface area contributed by atoms with Crippen LogP contribution in [0.4, 0.5) is 23.7 Å². The van der Waals surface area contributed by atoms with Crippen molar-refractivity contribution in [2.45, 2.75) is 57.8 Å². The Hall–Kier alpha value is -2.58. The second-order valence-corrected chi connectivity index (χ2v) is 7.41. The fraction of sp³-hybridized carbons (Fsp3) is 0.526. The highest BCUT2D eigenvalue weighted by Gasteiger charge is 2.69. The molecule has 6 nitrogen and oxygen atoms in total. The summed E-state index contributed by atoms with van der Waals surface area (Å²) in [5, 5.41) is 3.51. The molecular formula is C19H22F3N3O3. The van der Waals surface area contributed by atoms with Crippen LogP contribution in [0.2, 0.25) is 0 Å². The van der Waals surface area contributed by atoms with E-state index in [0.29, 0.717) is 23.3 Å². The molecule has 1 aromatic carbocycles. The molecule has 1 saturated heterocycles. The van der Waals surface area contributed by atoms with Crippen LogP contribution in [0.15, 0.2) is 18.2 Å². The zero-order chi connectivity index (χ0) is 20.7. The number of hydrogen-bond donors (Lipinski definition) is 2. The van der Waals surface area contributed by atoms with E-state index in [2.05, 4.69) is 0 Å². The number of aryl methyl sites for hydroxylation is 2. The van der Waals surface area contributed by atoms with E-state index in [9.17, 15) is 27.6 Å². The maximum atomic E-state index is 13.9. The average Bonchev–Trinajstić information content (AvgIpc) is 2.89. The molecule has 3 rings (SSSR count). The summed E-state index contributed by atoms with van der Waals surface area (Å²) in [6.45, 7) is 3.52. The van der Waals surface area contributed by atoms with Gasteiger partial charge < -0.3 is 5.32 Å². The van der Waals surface area contributed by atoms with Crippen LogP contribution in [0.25, 0.3) is 0 Å². The first-order chi connectivity index (χ1) is 13.1. The first-order valence-electron chi connectivity index (χ1n) is 9.19. The highest BCUT2D eigenvalue weighted by Crippen LogP contribution is 2.37. The van der Waals surface area contributed by atoms with Gasteiger partial charge in [0.25, 0.3) is 11.6 Å². The van der Waals surface area contributed by atoms with Crippen molar-refractivity contribution in [1.82, 2.24) is 10.6 Å². The molecule has 2 N–H and O–H groups in total. The Labute approximate surface area is 160 Å². The van der Waals surface area contributed by atoms with E-state index in [1.807, 2.05) is 5.32 Å². The van der Waals surface area contributed by atoms with E-state index in [4.69, 9.17) is 0 Å². The van der Waals surface area contributed by atoms with Gasteiger partial charge in [-0.1, -0.05) is 25.3 Å². The van der Waals surface area contributed by atoms with Gasteiger partial charge in [0.1, 0.15) is 0 Å². The zero-order valence-electron chi connectivity index (χ0n) is 15.7. The van der Waals surface area contributed by atoms with Crippen molar-refractivity contribution in [3.8, 4) is 0 Å². The molecule has 4 amide bonds. The molecule has 9 heteroatoms. The number of carbonyl (C=O) groups is 3. The summed E-state index contributed by atoms with van der Waals surface area (Å²) in [6, 6.07) is 3.24. The predicted molar refractivity (Wildman–Crippen MR) is 95.4 cm³/mol. The highest BCUT2D eigenvalue weighted by atomic mass is 19.4. The summed E-state index contributed by atoms with van der Waals surface area (Å²) < 4.78 is 41.8. The molecule has 1 heterocycles. The highest BCUT2D eigenvalue weighted by molar-refractivity contribution is 6.24. The van der Waals surface area contributed by atoms with Gasteiger partial charge in [-0.2, -0.15) is 13.2 Å². The number of nitrogens with one attached hydrogen (secondary N) is 2. The molecular weight excluding hydrogens is 375 g/mol. The van der Waals surface area contributed by atoms with Gasteiger partial charge in [0.15, 0.2) is 0 Å². The topological polar surface area (TPSA) is 78.5 Å². The Morgan fingerprint density at radius 1 is 1.14 bits per heavy atom. The number of anilines is 1. The number of benzene rings is 1. The Bertz CT molecular complexity index is 818. The van der Waals surface area contributed by atoms with Crippen LogP contribution < -0.4 is 15.5 Å². The third-order valence-electron chi connectivity index (χ3n) is 5.48. The van der Waals surface area contributed by atoms with Gasteiger partial charge in [0, 0.05) is 5.92 Å². The molecule has 1 aromatic rings. The number of carbonyl (C=O) groups excluding carboxylic acids is 3. The lowest BCUT2D eigenvalue weighted by Gasteiger charge is -2.32. The largest absolute Gasteiger partial charge is 0.440 e. The second kappa shape index (κ2) is 7.10. The van der Waals surface area contributed by atoms with E-state index in [-0.39, 0.29) is 5.69 Å². The van der Waals surface area contributed by atoms with Gasteiger partial charge in [0.05, 0.1) is 5.69 Å². The van der Waals surface area contributed by atoms with Crippen LogP contribution in [0.1, 0.15) is 43.2 Å². The first-order valence-corrected chi connectivity index (χ1v) is 9.19. The third kappa shape index (κ3) is 3.33. The van der Waals surface area contributed by atoms with Gasteiger partial charge in [-0.05, 0) is 49.9 Å². The maximum absolute atomic E-state index is 13.9. The lowest BCUT2D eigenvalue weighted by Crippen LogP contribution is -2.70. The average molecular weight is 397 g/mol. The van der Waals surface area contributed by atoms with Crippen LogP contribution >= 0.6 is 0 Å². The van der Waals surface area contributed by atoms with Crippen LogP contribution in [0.5, 0.6) is 0 Å². The van der Waals surface area contributed by atoms with Crippen LogP contribution in [0, 0.1) is 19.8 Å². The molecule has 1 saturated carbocycles. The van der Waals surface area contributed by atoms with E-state index >= 15 is 0 Å². The predicted octanol–water partition coefficient (Wildman–Crippen LogP) is 3.31. The minimum Gasteiger partial charge on any atom is -0.318 e. The normalized spacial score (nSPS) is 23.7.